The molecule has 5 nitrogen and oxygen atoms in total. The molecule has 0 radical (unpaired) electrons. The molecule has 144 valence electrons. The molecule has 1 N–H and O–H groups in total. The Morgan fingerprint density at radius 2 is 1.89 bits per heavy atom. The molecule has 1 aliphatic heterocycles. The SMILES string of the molecule is COc1ccc(C2CN(C)CCC2NC(=O)c2ccccc2Cl)cc1OC. The van der Waals surface area contributed by atoms with E-state index in [1.807, 2.05) is 30.3 Å². The van der Waals surface area contributed by atoms with Gasteiger partial charge in [-0.1, -0.05) is 29.8 Å². The second-order valence-electron chi connectivity index (χ2n) is 6.83. The highest BCUT2D eigenvalue weighted by molar-refractivity contribution is 6.33. The Morgan fingerprint density at radius 3 is 2.59 bits per heavy atom. The van der Waals surface area contributed by atoms with E-state index >= 15 is 0 Å². The molecule has 2 aromatic rings. The number of nitrogens with one attached hydrogen (secondary N) is 1. The van der Waals surface area contributed by atoms with E-state index in [0.29, 0.717) is 22.1 Å². The second kappa shape index (κ2) is 8.63. The lowest BCUT2D eigenvalue weighted by atomic mass is 9.85. The maximum absolute atomic E-state index is 12.8. The van der Waals surface area contributed by atoms with Crippen LogP contribution in [0.4, 0.5) is 0 Å². The molecule has 0 aromatic heterocycles. The summed E-state index contributed by atoms with van der Waals surface area (Å²) in [7, 11) is 5.35. The van der Waals surface area contributed by atoms with E-state index in [1.54, 1.807) is 26.4 Å². The standard InChI is InChI=1S/C21H25ClN2O3/c1-24-11-10-18(23-21(25)15-6-4-5-7-17(15)22)16(13-24)14-8-9-19(26-2)20(12-14)27-3/h4-9,12,16,18H,10-11,13H2,1-3H3,(H,23,25). The number of carbonyl (C=O) groups is 1. The fourth-order valence-corrected chi connectivity index (χ4v) is 3.82. The first-order valence-electron chi connectivity index (χ1n) is 8.99. The largest absolute Gasteiger partial charge is 0.493 e. The molecule has 1 saturated heterocycles. The summed E-state index contributed by atoms with van der Waals surface area (Å²) in [5.41, 5.74) is 1.62. The van der Waals surface area contributed by atoms with E-state index in [9.17, 15) is 4.79 Å². The second-order valence-corrected chi connectivity index (χ2v) is 7.24. The number of methoxy groups -OCH3 is 2. The van der Waals surface area contributed by atoms with Crippen LogP contribution in [0.1, 0.15) is 28.3 Å². The molecule has 0 spiro atoms. The molecule has 6 heteroatoms. The molecule has 1 amide bonds. The van der Waals surface area contributed by atoms with E-state index in [1.165, 1.54) is 0 Å². The van der Waals surface area contributed by atoms with Crippen molar-refractivity contribution in [2.24, 2.45) is 0 Å². The summed E-state index contributed by atoms with van der Waals surface area (Å²) in [5.74, 6) is 1.40. The minimum atomic E-state index is -0.138. The van der Waals surface area contributed by atoms with Crippen LogP contribution in [0, 0.1) is 0 Å². The normalized spacial score (nSPS) is 20.1. The van der Waals surface area contributed by atoms with Crippen LogP contribution in [0.5, 0.6) is 11.5 Å². The first-order valence-corrected chi connectivity index (χ1v) is 9.37. The zero-order valence-electron chi connectivity index (χ0n) is 15.9. The van der Waals surface area contributed by atoms with Gasteiger partial charge in [0.15, 0.2) is 11.5 Å². The fraction of sp³-hybridized carbons (Fsp3) is 0.381. The van der Waals surface area contributed by atoms with E-state index in [-0.39, 0.29) is 17.9 Å². The maximum atomic E-state index is 12.8. The van der Waals surface area contributed by atoms with Crippen molar-refractivity contribution < 1.29 is 14.3 Å². The van der Waals surface area contributed by atoms with Gasteiger partial charge in [0, 0.05) is 18.5 Å². The minimum absolute atomic E-state index is 0.0167. The molecule has 2 atom stereocenters. The van der Waals surface area contributed by atoms with Crippen LogP contribution >= 0.6 is 11.6 Å². The van der Waals surface area contributed by atoms with Gasteiger partial charge in [-0.3, -0.25) is 4.79 Å². The molecule has 1 aliphatic rings. The van der Waals surface area contributed by atoms with Crippen LogP contribution in [-0.4, -0.2) is 51.2 Å². The molecular weight excluding hydrogens is 364 g/mol. The smallest absolute Gasteiger partial charge is 0.253 e. The van der Waals surface area contributed by atoms with Crippen molar-refractivity contribution in [1.82, 2.24) is 10.2 Å². The molecule has 0 aliphatic carbocycles. The molecule has 27 heavy (non-hydrogen) atoms. The molecule has 1 heterocycles. The third kappa shape index (κ3) is 4.37. The van der Waals surface area contributed by atoms with Crippen molar-refractivity contribution in [3.63, 3.8) is 0 Å². The van der Waals surface area contributed by atoms with Gasteiger partial charge in [0.1, 0.15) is 0 Å². The van der Waals surface area contributed by atoms with Gasteiger partial charge in [-0.15, -0.1) is 0 Å². The van der Waals surface area contributed by atoms with Gasteiger partial charge in [0.05, 0.1) is 24.8 Å². The highest BCUT2D eigenvalue weighted by Gasteiger charge is 2.31. The van der Waals surface area contributed by atoms with Crippen molar-refractivity contribution in [3.05, 3.63) is 58.6 Å². The number of nitrogens with zero attached hydrogens (tertiary/aromatic N) is 1. The summed E-state index contributed by atoms with van der Waals surface area (Å²) < 4.78 is 10.8. The lowest BCUT2D eigenvalue weighted by Crippen LogP contribution is -2.48. The quantitative estimate of drug-likeness (QED) is 0.850. The minimum Gasteiger partial charge on any atom is -0.493 e. The Labute approximate surface area is 165 Å². The maximum Gasteiger partial charge on any atom is 0.253 e. The first kappa shape index (κ1) is 19.5. The van der Waals surface area contributed by atoms with Crippen molar-refractivity contribution in [1.29, 1.82) is 0 Å². The average molecular weight is 389 g/mol. The van der Waals surface area contributed by atoms with Crippen molar-refractivity contribution >= 4 is 17.5 Å². The van der Waals surface area contributed by atoms with Crippen LogP contribution in [0.3, 0.4) is 0 Å². The number of hydrogen-bond donors (Lipinski definition) is 1. The molecule has 3 rings (SSSR count). The van der Waals surface area contributed by atoms with Crippen LogP contribution in [0.25, 0.3) is 0 Å². The number of rotatable bonds is 5. The zero-order chi connectivity index (χ0) is 19.4. The summed E-state index contributed by atoms with van der Waals surface area (Å²) in [4.78, 5) is 15.0. The number of carbonyl (C=O) groups excluding carboxylic acids is 1. The van der Waals surface area contributed by atoms with Gasteiger partial charge in [-0.05, 0) is 49.8 Å². The molecule has 0 saturated carbocycles. The Balaban J connectivity index is 1.85. The molecule has 0 bridgehead atoms. The van der Waals surface area contributed by atoms with E-state index < -0.39 is 0 Å². The number of likely N-dealkylation sites (tertiary alicyclic amines) is 1. The van der Waals surface area contributed by atoms with E-state index in [2.05, 4.69) is 17.3 Å². The van der Waals surface area contributed by atoms with Crippen molar-refractivity contribution in [2.45, 2.75) is 18.4 Å². The van der Waals surface area contributed by atoms with E-state index in [0.717, 1.165) is 25.1 Å². The molecule has 2 unspecified atom stereocenters. The number of likely N-dealkylation sites (N-methyl/N-ethyl adjacent to an activating group) is 1. The number of ether oxygens (including phenoxy) is 2. The Bertz CT molecular complexity index is 812. The lowest BCUT2D eigenvalue weighted by Gasteiger charge is -2.37. The van der Waals surface area contributed by atoms with Crippen LogP contribution in [0.15, 0.2) is 42.5 Å². The predicted molar refractivity (Wildman–Crippen MR) is 107 cm³/mol. The molecule has 2 aromatic carbocycles. The Morgan fingerprint density at radius 1 is 1.15 bits per heavy atom. The summed E-state index contributed by atoms with van der Waals surface area (Å²) in [6.07, 6.45) is 0.867. The topological polar surface area (TPSA) is 50.8 Å². The molecule has 1 fully saturated rings. The average Bonchev–Trinajstić information content (AvgIpc) is 2.69. The number of amides is 1. The third-order valence-corrected chi connectivity index (χ3v) is 5.42. The summed E-state index contributed by atoms with van der Waals surface area (Å²) in [6.45, 7) is 1.78. The number of benzene rings is 2. The zero-order valence-corrected chi connectivity index (χ0v) is 16.6. The third-order valence-electron chi connectivity index (χ3n) is 5.09. The van der Waals surface area contributed by atoms with Crippen LogP contribution in [0.2, 0.25) is 5.02 Å². The number of hydrogen-bond acceptors (Lipinski definition) is 4. The van der Waals surface area contributed by atoms with Crippen LogP contribution in [-0.2, 0) is 0 Å². The summed E-state index contributed by atoms with van der Waals surface area (Å²) in [5, 5.41) is 3.65. The predicted octanol–water partition coefficient (Wildman–Crippen LogP) is 3.57. The van der Waals surface area contributed by atoms with Crippen molar-refractivity contribution in [3.8, 4) is 11.5 Å². The van der Waals surface area contributed by atoms with Gasteiger partial charge in [0.2, 0.25) is 0 Å². The molecular formula is C21H25ClN2O3. The van der Waals surface area contributed by atoms with Gasteiger partial charge in [0.25, 0.3) is 5.91 Å². The van der Waals surface area contributed by atoms with Gasteiger partial charge < -0.3 is 19.7 Å². The van der Waals surface area contributed by atoms with Gasteiger partial charge in [-0.25, -0.2) is 0 Å². The van der Waals surface area contributed by atoms with Crippen LogP contribution < -0.4 is 14.8 Å². The Hall–Kier alpha value is -2.24. The number of halogens is 1. The first-order chi connectivity index (χ1) is 13.0. The summed E-state index contributed by atoms with van der Waals surface area (Å²) >= 11 is 6.19. The Kier molecular flexibility index (Phi) is 6.24. The van der Waals surface area contributed by atoms with E-state index in [4.69, 9.17) is 21.1 Å². The fourth-order valence-electron chi connectivity index (χ4n) is 3.60. The van der Waals surface area contributed by atoms with Gasteiger partial charge >= 0.3 is 0 Å². The summed E-state index contributed by atoms with van der Waals surface area (Å²) in [6, 6.07) is 13.1. The lowest BCUT2D eigenvalue weighted by molar-refractivity contribution is 0.0904. The van der Waals surface area contributed by atoms with Crippen molar-refractivity contribution in [2.75, 3.05) is 34.4 Å². The highest BCUT2D eigenvalue weighted by atomic mass is 35.5. The van der Waals surface area contributed by atoms with Gasteiger partial charge in [-0.2, -0.15) is 0 Å². The number of piperidine rings is 1. The highest BCUT2D eigenvalue weighted by Crippen LogP contribution is 2.34. The monoisotopic (exact) mass is 388 g/mol.